The number of halogens is 1. The van der Waals surface area contributed by atoms with E-state index in [1.807, 2.05) is 6.92 Å². The summed E-state index contributed by atoms with van der Waals surface area (Å²) in [5.74, 6) is -2.41. The normalized spacial score (nSPS) is 17.7. The molecular weight excluding hydrogens is 235 g/mol. The summed E-state index contributed by atoms with van der Waals surface area (Å²) in [6, 6.07) is 4.46. The van der Waals surface area contributed by atoms with Gasteiger partial charge >= 0.3 is 5.97 Å². The molecule has 1 atom stereocenters. The molecule has 4 heteroatoms. The fourth-order valence-electron chi connectivity index (χ4n) is 2.11. The summed E-state index contributed by atoms with van der Waals surface area (Å²) in [4.78, 5) is 23.7. The minimum atomic E-state index is -0.867. The van der Waals surface area contributed by atoms with Gasteiger partial charge in [0.15, 0.2) is 5.78 Å². The van der Waals surface area contributed by atoms with Crippen molar-refractivity contribution in [3.05, 3.63) is 35.1 Å². The Morgan fingerprint density at radius 3 is 2.94 bits per heavy atom. The van der Waals surface area contributed by atoms with Crippen molar-refractivity contribution in [2.75, 3.05) is 6.61 Å². The first-order valence-electron chi connectivity index (χ1n) is 6.13. The van der Waals surface area contributed by atoms with Crippen LogP contribution in [0, 0.1) is 11.7 Å². The number of rotatable bonds is 4. The first kappa shape index (κ1) is 12.7. The lowest BCUT2D eigenvalue weighted by atomic mass is 10.1. The minimum absolute atomic E-state index is 0.0509. The quantitative estimate of drug-likeness (QED) is 0.468. The summed E-state index contributed by atoms with van der Waals surface area (Å²) in [5, 5.41) is 0. The van der Waals surface area contributed by atoms with Crippen LogP contribution in [0.25, 0.3) is 0 Å². The third-order valence-corrected chi connectivity index (χ3v) is 3.11. The Morgan fingerprint density at radius 1 is 1.50 bits per heavy atom. The molecule has 0 heterocycles. The monoisotopic (exact) mass is 250 g/mol. The lowest BCUT2D eigenvalue weighted by molar-refractivity contribution is -0.146. The number of ether oxygens (including phenoxy) is 1. The van der Waals surface area contributed by atoms with Crippen LogP contribution in [0.4, 0.5) is 4.39 Å². The molecule has 0 saturated carbocycles. The first-order valence-corrected chi connectivity index (χ1v) is 6.13. The Balaban J connectivity index is 2.09. The van der Waals surface area contributed by atoms with Crippen molar-refractivity contribution in [3.8, 4) is 0 Å². The molecule has 0 saturated heterocycles. The lowest BCUT2D eigenvalue weighted by Crippen LogP contribution is -2.23. The number of Topliss-reactive ketones (excluding diaryl/α,β-unsaturated/α-hetero) is 1. The number of hydrogen-bond acceptors (Lipinski definition) is 3. The van der Waals surface area contributed by atoms with Crippen molar-refractivity contribution in [2.24, 2.45) is 5.92 Å². The Bertz CT molecular complexity index is 482. The summed E-state index contributed by atoms with van der Waals surface area (Å²) >= 11 is 0. The van der Waals surface area contributed by atoms with E-state index in [0.29, 0.717) is 12.2 Å². The van der Waals surface area contributed by atoms with Crippen LogP contribution in [0.5, 0.6) is 0 Å². The maximum atomic E-state index is 13.5. The number of fused-ring (bicyclic) bond motifs is 1. The number of hydrogen-bond donors (Lipinski definition) is 0. The SMILES string of the molecule is CCCCOC(=O)C1Cc2cccc(F)c2C1=O. The van der Waals surface area contributed by atoms with E-state index in [0.717, 1.165) is 12.8 Å². The molecule has 0 aromatic heterocycles. The molecule has 18 heavy (non-hydrogen) atoms. The van der Waals surface area contributed by atoms with Gasteiger partial charge < -0.3 is 4.74 Å². The van der Waals surface area contributed by atoms with Gasteiger partial charge in [-0.05, 0) is 24.5 Å². The lowest BCUT2D eigenvalue weighted by Gasteiger charge is -2.08. The van der Waals surface area contributed by atoms with E-state index in [4.69, 9.17) is 4.74 Å². The predicted octanol–water partition coefficient (Wildman–Crippen LogP) is 2.52. The summed E-state index contributed by atoms with van der Waals surface area (Å²) < 4.78 is 18.5. The van der Waals surface area contributed by atoms with E-state index in [1.165, 1.54) is 6.07 Å². The maximum Gasteiger partial charge on any atom is 0.317 e. The second-order valence-corrected chi connectivity index (χ2v) is 4.42. The molecule has 1 aromatic rings. The summed E-state index contributed by atoms with van der Waals surface area (Å²) in [6.45, 7) is 2.30. The molecule has 1 unspecified atom stereocenters. The molecule has 1 aliphatic carbocycles. The molecule has 2 rings (SSSR count). The zero-order valence-corrected chi connectivity index (χ0v) is 10.2. The highest BCUT2D eigenvalue weighted by Crippen LogP contribution is 2.29. The molecule has 0 radical (unpaired) electrons. The van der Waals surface area contributed by atoms with Crippen LogP contribution in [0.3, 0.4) is 0 Å². The Labute approximate surface area is 105 Å². The van der Waals surface area contributed by atoms with Crippen LogP contribution in [-0.2, 0) is 16.0 Å². The van der Waals surface area contributed by atoms with Gasteiger partial charge in [-0.25, -0.2) is 4.39 Å². The van der Waals surface area contributed by atoms with Gasteiger partial charge in [-0.15, -0.1) is 0 Å². The summed E-state index contributed by atoms with van der Waals surface area (Å²) in [5.41, 5.74) is 0.646. The van der Waals surface area contributed by atoms with Gasteiger partial charge in [0.1, 0.15) is 11.7 Å². The summed E-state index contributed by atoms with van der Waals surface area (Å²) in [6.07, 6.45) is 1.94. The number of unbranched alkanes of at least 4 members (excludes halogenated alkanes) is 1. The number of benzene rings is 1. The third kappa shape index (κ3) is 2.28. The molecule has 1 aliphatic rings. The molecule has 3 nitrogen and oxygen atoms in total. The maximum absolute atomic E-state index is 13.5. The smallest absolute Gasteiger partial charge is 0.317 e. The molecule has 96 valence electrons. The zero-order chi connectivity index (χ0) is 13.1. The number of carbonyl (C=O) groups is 2. The van der Waals surface area contributed by atoms with Gasteiger partial charge in [-0.1, -0.05) is 25.5 Å². The average molecular weight is 250 g/mol. The number of carbonyl (C=O) groups excluding carboxylic acids is 2. The van der Waals surface area contributed by atoms with E-state index < -0.39 is 23.5 Å². The van der Waals surface area contributed by atoms with E-state index in [9.17, 15) is 14.0 Å². The Hall–Kier alpha value is -1.71. The van der Waals surface area contributed by atoms with Gasteiger partial charge in [-0.2, -0.15) is 0 Å². The molecular formula is C14H15FO3. The van der Waals surface area contributed by atoms with Crippen molar-refractivity contribution >= 4 is 11.8 Å². The zero-order valence-electron chi connectivity index (χ0n) is 10.2. The van der Waals surface area contributed by atoms with Gasteiger partial charge in [0.05, 0.1) is 12.2 Å². The van der Waals surface area contributed by atoms with Crippen molar-refractivity contribution < 1.29 is 18.7 Å². The first-order chi connectivity index (χ1) is 8.65. The fraction of sp³-hybridized carbons (Fsp3) is 0.429. The Morgan fingerprint density at radius 2 is 2.28 bits per heavy atom. The minimum Gasteiger partial charge on any atom is -0.465 e. The molecule has 0 N–H and O–H groups in total. The van der Waals surface area contributed by atoms with Crippen molar-refractivity contribution in [3.63, 3.8) is 0 Å². The van der Waals surface area contributed by atoms with E-state index >= 15 is 0 Å². The van der Waals surface area contributed by atoms with Crippen LogP contribution in [-0.4, -0.2) is 18.4 Å². The topological polar surface area (TPSA) is 43.4 Å². The molecule has 0 aliphatic heterocycles. The fourth-order valence-corrected chi connectivity index (χ4v) is 2.11. The largest absolute Gasteiger partial charge is 0.465 e. The molecule has 0 amide bonds. The summed E-state index contributed by atoms with van der Waals surface area (Å²) in [7, 11) is 0. The van der Waals surface area contributed by atoms with E-state index in [1.54, 1.807) is 12.1 Å². The van der Waals surface area contributed by atoms with Crippen LogP contribution >= 0.6 is 0 Å². The van der Waals surface area contributed by atoms with Gasteiger partial charge in [0.2, 0.25) is 0 Å². The van der Waals surface area contributed by atoms with Gasteiger partial charge in [-0.3, -0.25) is 9.59 Å². The van der Waals surface area contributed by atoms with Crippen LogP contribution in [0.2, 0.25) is 0 Å². The molecule has 1 aromatic carbocycles. The molecule has 0 spiro atoms. The van der Waals surface area contributed by atoms with E-state index in [2.05, 4.69) is 0 Å². The number of esters is 1. The second-order valence-electron chi connectivity index (χ2n) is 4.42. The second kappa shape index (κ2) is 5.29. The van der Waals surface area contributed by atoms with Gasteiger partial charge in [0, 0.05) is 0 Å². The van der Waals surface area contributed by atoms with E-state index in [-0.39, 0.29) is 12.0 Å². The molecule has 0 bridgehead atoms. The van der Waals surface area contributed by atoms with Crippen LogP contribution < -0.4 is 0 Å². The predicted molar refractivity (Wildman–Crippen MR) is 63.8 cm³/mol. The van der Waals surface area contributed by atoms with Gasteiger partial charge in [0.25, 0.3) is 0 Å². The highest BCUT2D eigenvalue weighted by molar-refractivity contribution is 6.12. The average Bonchev–Trinajstić information content (AvgIpc) is 2.68. The Kier molecular flexibility index (Phi) is 3.75. The van der Waals surface area contributed by atoms with Crippen molar-refractivity contribution in [1.29, 1.82) is 0 Å². The standard InChI is InChI=1S/C14H15FO3/c1-2-3-7-18-14(17)10-8-9-5-4-6-11(15)12(9)13(10)16/h4-6,10H,2-3,7-8H2,1H3. The van der Waals surface area contributed by atoms with Crippen molar-refractivity contribution in [2.45, 2.75) is 26.2 Å². The van der Waals surface area contributed by atoms with Crippen LogP contribution in [0.1, 0.15) is 35.7 Å². The third-order valence-electron chi connectivity index (χ3n) is 3.11. The molecule has 0 fully saturated rings. The highest BCUT2D eigenvalue weighted by Gasteiger charge is 2.38. The highest BCUT2D eigenvalue weighted by atomic mass is 19.1. The van der Waals surface area contributed by atoms with Crippen molar-refractivity contribution in [1.82, 2.24) is 0 Å². The van der Waals surface area contributed by atoms with Crippen LogP contribution in [0.15, 0.2) is 18.2 Å². The number of ketones is 1.